The molecule has 8 nitrogen and oxygen atoms in total. The molecule has 0 bridgehead atoms. The van der Waals surface area contributed by atoms with E-state index < -0.39 is 23.7 Å². The highest BCUT2D eigenvalue weighted by molar-refractivity contribution is 7.18. The lowest BCUT2D eigenvalue weighted by atomic mass is 10.1. The van der Waals surface area contributed by atoms with Crippen LogP contribution in [0, 0.1) is 6.92 Å². The fourth-order valence-corrected chi connectivity index (χ4v) is 4.34. The zero-order chi connectivity index (χ0) is 22.0. The van der Waals surface area contributed by atoms with E-state index in [1.54, 1.807) is 38.1 Å². The SMILES string of the molecule is CCOC(=O)c1c(NC(=O)CCN2C(=O)c3ccccc3C2=O)sc(C(C)=O)c1C. The summed E-state index contributed by atoms with van der Waals surface area (Å²) in [5.74, 6) is -2.24. The molecule has 0 fully saturated rings. The van der Waals surface area contributed by atoms with Gasteiger partial charge in [0.1, 0.15) is 5.00 Å². The molecule has 0 radical (unpaired) electrons. The first-order chi connectivity index (χ1) is 14.3. The van der Waals surface area contributed by atoms with Crippen molar-refractivity contribution >= 4 is 45.8 Å². The first-order valence-electron chi connectivity index (χ1n) is 9.32. The van der Waals surface area contributed by atoms with E-state index >= 15 is 0 Å². The Kier molecular flexibility index (Phi) is 6.12. The molecule has 1 aromatic heterocycles. The monoisotopic (exact) mass is 428 g/mol. The maximum Gasteiger partial charge on any atom is 0.341 e. The summed E-state index contributed by atoms with van der Waals surface area (Å²) < 4.78 is 5.04. The van der Waals surface area contributed by atoms with Gasteiger partial charge in [-0.3, -0.25) is 24.1 Å². The number of nitrogens with zero attached hydrogens (tertiary/aromatic N) is 1. The summed E-state index contributed by atoms with van der Waals surface area (Å²) >= 11 is 0.996. The highest BCUT2D eigenvalue weighted by atomic mass is 32.1. The van der Waals surface area contributed by atoms with Gasteiger partial charge in [0.15, 0.2) is 5.78 Å². The van der Waals surface area contributed by atoms with Crippen LogP contribution < -0.4 is 5.32 Å². The van der Waals surface area contributed by atoms with Crippen molar-refractivity contribution < 1.29 is 28.7 Å². The smallest absolute Gasteiger partial charge is 0.341 e. The number of ether oxygens (including phenoxy) is 1. The zero-order valence-corrected chi connectivity index (χ0v) is 17.6. The molecule has 0 atom stereocenters. The lowest BCUT2D eigenvalue weighted by molar-refractivity contribution is -0.116. The predicted molar refractivity (Wildman–Crippen MR) is 110 cm³/mol. The fourth-order valence-electron chi connectivity index (χ4n) is 3.23. The van der Waals surface area contributed by atoms with Crippen molar-refractivity contribution in [2.75, 3.05) is 18.5 Å². The Labute approximate surface area is 176 Å². The predicted octanol–water partition coefficient (Wildman–Crippen LogP) is 3.06. The average molecular weight is 428 g/mol. The Morgan fingerprint density at radius 1 is 1.10 bits per heavy atom. The normalized spacial score (nSPS) is 12.7. The van der Waals surface area contributed by atoms with Crippen molar-refractivity contribution in [3.8, 4) is 0 Å². The molecule has 0 saturated carbocycles. The second-order valence-corrected chi connectivity index (χ2v) is 7.66. The van der Waals surface area contributed by atoms with E-state index in [-0.39, 0.29) is 35.9 Å². The first kappa shape index (κ1) is 21.4. The third-order valence-electron chi connectivity index (χ3n) is 4.64. The molecule has 0 saturated heterocycles. The van der Waals surface area contributed by atoms with Crippen molar-refractivity contribution in [3.63, 3.8) is 0 Å². The van der Waals surface area contributed by atoms with E-state index in [4.69, 9.17) is 4.74 Å². The number of rotatable bonds is 7. The van der Waals surface area contributed by atoms with Crippen LogP contribution in [0.1, 0.15) is 66.6 Å². The van der Waals surface area contributed by atoms with Gasteiger partial charge >= 0.3 is 5.97 Å². The Balaban J connectivity index is 1.73. The van der Waals surface area contributed by atoms with Crippen LogP contribution in [0.2, 0.25) is 0 Å². The van der Waals surface area contributed by atoms with E-state index in [0.29, 0.717) is 21.6 Å². The van der Waals surface area contributed by atoms with Crippen LogP contribution in [-0.4, -0.2) is 47.5 Å². The Morgan fingerprint density at radius 3 is 2.23 bits per heavy atom. The molecular weight excluding hydrogens is 408 g/mol. The highest BCUT2D eigenvalue weighted by Gasteiger charge is 2.35. The van der Waals surface area contributed by atoms with Crippen LogP contribution in [0.3, 0.4) is 0 Å². The molecule has 3 amide bonds. The van der Waals surface area contributed by atoms with Gasteiger partial charge in [-0.25, -0.2) is 4.79 Å². The van der Waals surface area contributed by atoms with E-state index in [1.165, 1.54) is 6.92 Å². The number of ketones is 1. The van der Waals surface area contributed by atoms with E-state index in [9.17, 15) is 24.0 Å². The van der Waals surface area contributed by atoms with E-state index in [0.717, 1.165) is 16.2 Å². The van der Waals surface area contributed by atoms with Gasteiger partial charge in [0.25, 0.3) is 11.8 Å². The number of esters is 1. The van der Waals surface area contributed by atoms with Gasteiger partial charge in [0, 0.05) is 13.0 Å². The van der Waals surface area contributed by atoms with Gasteiger partial charge in [-0.05, 0) is 38.5 Å². The zero-order valence-electron chi connectivity index (χ0n) is 16.7. The molecule has 1 aromatic carbocycles. The van der Waals surface area contributed by atoms with Gasteiger partial charge in [0.05, 0.1) is 28.2 Å². The number of carbonyl (C=O) groups excluding carboxylic acids is 5. The molecule has 1 aliphatic heterocycles. The van der Waals surface area contributed by atoms with Gasteiger partial charge in [0.2, 0.25) is 5.91 Å². The fraction of sp³-hybridized carbons (Fsp3) is 0.286. The van der Waals surface area contributed by atoms with Gasteiger partial charge in [-0.1, -0.05) is 12.1 Å². The number of benzene rings is 1. The molecule has 9 heteroatoms. The first-order valence-corrected chi connectivity index (χ1v) is 10.1. The summed E-state index contributed by atoms with van der Waals surface area (Å²) in [6.07, 6.45) is -0.153. The number of hydrogen-bond acceptors (Lipinski definition) is 7. The number of thiophene rings is 1. The van der Waals surface area contributed by atoms with Crippen molar-refractivity contribution in [1.82, 2.24) is 4.90 Å². The molecule has 3 rings (SSSR count). The summed E-state index contributed by atoms with van der Waals surface area (Å²) in [6, 6.07) is 6.48. The third-order valence-corrected chi connectivity index (χ3v) is 5.95. The summed E-state index contributed by atoms with van der Waals surface area (Å²) in [5, 5.41) is 2.83. The largest absolute Gasteiger partial charge is 0.462 e. The van der Waals surface area contributed by atoms with Crippen LogP contribution in [0.15, 0.2) is 24.3 Å². The molecule has 2 aromatic rings. The molecule has 0 aliphatic carbocycles. The summed E-state index contributed by atoms with van der Waals surface area (Å²) in [5.41, 5.74) is 1.21. The number of anilines is 1. The minimum absolute atomic E-state index is 0.100. The number of amides is 3. The Hall–Kier alpha value is -3.33. The Bertz CT molecular complexity index is 1040. The number of Topliss-reactive ketones (excluding diaryl/α,β-unsaturated/α-hetero) is 1. The number of carbonyl (C=O) groups is 5. The molecular formula is C21H20N2O6S. The Morgan fingerprint density at radius 2 is 1.70 bits per heavy atom. The van der Waals surface area contributed by atoms with Gasteiger partial charge in [-0.15, -0.1) is 11.3 Å². The van der Waals surface area contributed by atoms with Crippen LogP contribution in [0.5, 0.6) is 0 Å². The average Bonchev–Trinajstić information content (AvgIpc) is 3.15. The quantitative estimate of drug-likeness (QED) is 0.412. The molecule has 30 heavy (non-hydrogen) atoms. The highest BCUT2D eigenvalue weighted by Crippen LogP contribution is 2.34. The molecule has 0 unspecified atom stereocenters. The van der Waals surface area contributed by atoms with Crippen LogP contribution in [-0.2, 0) is 9.53 Å². The minimum atomic E-state index is -0.630. The standard InChI is InChI=1S/C21H20N2O6S/c1-4-29-21(28)16-11(2)17(12(3)24)30-18(16)22-15(25)9-10-23-19(26)13-7-5-6-8-14(13)20(23)27/h5-8H,4,9-10H2,1-3H3,(H,22,25). The van der Waals surface area contributed by atoms with Gasteiger partial charge in [-0.2, -0.15) is 0 Å². The molecule has 0 spiro atoms. The summed E-state index contributed by atoms with van der Waals surface area (Å²) in [7, 11) is 0. The van der Waals surface area contributed by atoms with E-state index in [2.05, 4.69) is 5.32 Å². The lowest BCUT2D eigenvalue weighted by Crippen LogP contribution is -2.32. The minimum Gasteiger partial charge on any atom is -0.462 e. The second-order valence-electron chi connectivity index (χ2n) is 6.64. The number of imide groups is 1. The van der Waals surface area contributed by atoms with Crippen molar-refractivity contribution in [1.29, 1.82) is 0 Å². The van der Waals surface area contributed by atoms with Crippen molar-refractivity contribution in [3.05, 3.63) is 51.4 Å². The topological polar surface area (TPSA) is 110 Å². The maximum absolute atomic E-state index is 12.5. The van der Waals surface area contributed by atoms with E-state index in [1.807, 2.05) is 0 Å². The van der Waals surface area contributed by atoms with Gasteiger partial charge < -0.3 is 10.1 Å². The van der Waals surface area contributed by atoms with Crippen molar-refractivity contribution in [2.24, 2.45) is 0 Å². The number of nitrogens with one attached hydrogen (secondary N) is 1. The second kappa shape index (κ2) is 8.58. The number of fused-ring (bicyclic) bond motifs is 1. The number of hydrogen-bond donors (Lipinski definition) is 1. The molecule has 156 valence electrons. The van der Waals surface area contributed by atoms with Crippen LogP contribution in [0.25, 0.3) is 0 Å². The molecule has 1 N–H and O–H groups in total. The lowest BCUT2D eigenvalue weighted by Gasteiger charge is -2.13. The van der Waals surface area contributed by atoms with Crippen LogP contribution in [0.4, 0.5) is 5.00 Å². The summed E-state index contributed by atoms with van der Waals surface area (Å²) in [4.78, 5) is 62.8. The van der Waals surface area contributed by atoms with Crippen LogP contribution >= 0.6 is 11.3 Å². The third kappa shape index (κ3) is 3.88. The maximum atomic E-state index is 12.5. The van der Waals surface area contributed by atoms with Crippen molar-refractivity contribution in [2.45, 2.75) is 27.2 Å². The molecule has 1 aliphatic rings. The molecule has 2 heterocycles. The summed E-state index contributed by atoms with van der Waals surface area (Å²) in [6.45, 7) is 4.70.